The van der Waals surface area contributed by atoms with E-state index in [1.807, 2.05) is 36.4 Å². The molecule has 3 heteroatoms. The highest BCUT2D eigenvalue weighted by atomic mass is 35.5. The van der Waals surface area contributed by atoms with E-state index in [0.29, 0.717) is 10.5 Å². The van der Waals surface area contributed by atoms with E-state index in [4.69, 9.17) is 23.9 Å². The van der Waals surface area contributed by atoms with Gasteiger partial charge in [0.05, 0.1) is 5.02 Å². The van der Waals surface area contributed by atoms with Gasteiger partial charge < -0.3 is 4.42 Å². The van der Waals surface area contributed by atoms with Crippen LogP contribution in [0.1, 0.15) is 0 Å². The Morgan fingerprint density at radius 3 is 2.80 bits per heavy atom. The maximum atomic E-state index is 6.13. The van der Waals surface area contributed by atoms with Gasteiger partial charge in [-0.2, -0.15) is 0 Å². The normalized spacial score (nSPS) is 11.3. The van der Waals surface area contributed by atoms with Gasteiger partial charge in [0.2, 0.25) is 0 Å². The fourth-order valence-corrected chi connectivity index (χ4v) is 2.07. The number of fused-ring (bicyclic) bond motifs is 3. The molecule has 0 spiro atoms. The van der Waals surface area contributed by atoms with Gasteiger partial charge in [-0.1, -0.05) is 35.3 Å². The second-order valence-electron chi connectivity index (χ2n) is 3.47. The highest BCUT2D eigenvalue weighted by molar-refractivity contribution is 6.38. The molecule has 2 aromatic carbocycles. The minimum absolute atomic E-state index is 0.692. The SMILES string of the molecule is [B]c1ccc2c(c1)oc1cccc(Cl)c12. The Labute approximate surface area is 93.0 Å². The lowest BCUT2D eigenvalue weighted by molar-refractivity contribution is 0.669. The van der Waals surface area contributed by atoms with Gasteiger partial charge >= 0.3 is 0 Å². The first-order chi connectivity index (χ1) is 7.25. The van der Waals surface area contributed by atoms with Gasteiger partial charge in [0.25, 0.3) is 0 Å². The van der Waals surface area contributed by atoms with Crippen LogP contribution >= 0.6 is 11.6 Å². The third-order valence-electron chi connectivity index (χ3n) is 2.47. The topological polar surface area (TPSA) is 13.1 Å². The molecule has 3 aromatic rings. The average Bonchev–Trinajstić information content (AvgIpc) is 2.56. The van der Waals surface area contributed by atoms with Crippen LogP contribution in [0.3, 0.4) is 0 Å². The summed E-state index contributed by atoms with van der Waals surface area (Å²) in [4.78, 5) is 0. The molecule has 15 heavy (non-hydrogen) atoms. The number of hydrogen-bond acceptors (Lipinski definition) is 1. The fourth-order valence-electron chi connectivity index (χ4n) is 1.80. The maximum Gasteiger partial charge on any atom is 0.136 e. The molecule has 70 valence electrons. The number of hydrogen-bond donors (Lipinski definition) is 0. The number of halogens is 1. The van der Waals surface area contributed by atoms with Crippen molar-refractivity contribution < 1.29 is 4.42 Å². The molecule has 1 nitrogen and oxygen atoms in total. The summed E-state index contributed by atoms with van der Waals surface area (Å²) in [5, 5.41) is 2.66. The van der Waals surface area contributed by atoms with Crippen LogP contribution in [0, 0.1) is 0 Å². The lowest BCUT2D eigenvalue weighted by Gasteiger charge is -1.93. The van der Waals surface area contributed by atoms with Crippen molar-refractivity contribution in [3.8, 4) is 0 Å². The smallest absolute Gasteiger partial charge is 0.136 e. The van der Waals surface area contributed by atoms with Crippen molar-refractivity contribution in [2.24, 2.45) is 0 Å². The van der Waals surface area contributed by atoms with Crippen molar-refractivity contribution in [2.45, 2.75) is 0 Å². The first-order valence-electron chi connectivity index (χ1n) is 4.62. The van der Waals surface area contributed by atoms with Crippen LogP contribution in [-0.4, -0.2) is 7.85 Å². The zero-order valence-corrected chi connectivity index (χ0v) is 8.58. The van der Waals surface area contributed by atoms with E-state index >= 15 is 0 Å². The van der Waals surface area contributed by atoms with Gasteiger partial charge in [0.15, 0.2) is 0 Å². The minimum atomic E-state index is 0.692. The maximum absolute atomic E-state index is 6.13. The lowest BCUT2D eigenvalue weighted by atomic mass is 9.95. The fraction of sp³-hybridized carbons (Fsp3) is 0. The van der Waals surface area contributed by atoms with E-state index in [-0.39, 0.29) is 0 Å². The molecule has 3 rings (SSSR count). The standard InChI is InChI=1S/C12H6BClO/c13-7-4-5-8-11(6-7)15-10-3-1-2-9(14)12(8)10/h1-6H. The zero-order chi connectivity index (χ0) is 10.4. The second-order valence-corrected chi connectivity index (χ2v) is 3.88. The Morgan fingerprint density at radius 2 is 1.93 bits per heavy atom. The van der Waals surface area contributed by atoms with E-state index in [9.17, 15) is 0 Å². The van der Waals surface area contributed by atoms with Crippen molar-refractivity contribution in [3.63, 3.8) is 0 Å². The summed E-state index contributed by atoms with van der Waals surface area (Å²) in [6.07, 6.45) is 0. The highest BCUT2D eigenvalue weighted by Crippen LogP contribution is 2.32. The average molecular weight is 212 g/mol. The summed E-state index contributed by atoms with van der Waals surface area (Å²) in [5.74, 6) is 0. The van der Waals surface area contributed by atoms with Gasteiger partial charge in [-0.3, -0.25) is 0 Å². The molecule has 0 N–H and O–H groups in total. The zero-order valence-electron chi connectivity index (χ0n) is 7.83. The Bertz CT molecular complexity index is 657. The molecule has 0 unspecified atom stereocenters. The van der Waals surface area contributed by atoms with Crippen molar-refractivity contribution in [1.82, 2.24) is 0 Å². The molecule has 0 aliphatic carbocycles. The third-order valence-corrected chi connectivity index (χ3v) is 2.79. The van der Waals surface area contributed by atoms with E-state index in [1.165, 1.54) is 0 Å². The number of furan rings is 1. The van der Waals surface area contributed by atoms with Crippen molar-refractivity contribution in [2.75, 3.05) is 0 Å². The molecule has 0 aliphatic heterocycles. The van der Waals surface area contributed by atoms with Gasteiger partial charge in [-0.15, -0.1) is 0 Å². The van der Waals surface area contributed by atoms with Gasteiger partial charge in [-0.25, -0.2) is 0 Å². The van der Waals surface area contributed by atoms with Crippen LogP contribution in [0.5, 0.6) is 0 Å². The number of benzene rings is 2. The summed E-state index contributed by atoms with van der Waals surface area (Å²) < 4.78 is 5.65. The van der Waals surface area contributed by atoms with Crippen molar-refractivity contribution in [3.05, 3.63) is 41.4 Å². The van der Waals surface area contributed by atoms with Crippen molar-refractivity contribution >= 4 is 46.8 Å². The van der Waals surface area contributed by atoms with Gasteiger partial charge in [-0.05, 0) is 18.2 Å². The first-order valence-corrected chi connectivity index (χ1v) is 5.00. The molecule has 2 radical (unpaired) electrons. The van der Waals surface area contributed by atoms with Crippen LogP contribution in [0.25, 0.3) is 21.9 Å². The second kappa shape index (κ2) is 3.04. The summed E-state index contributed by atoms with van der Waals surface area (Å²) in [6, 6.07) is 11.2. The highest BCUT2D eigenvalue weighted by Gasteiger charge is 2.08. The molecule has 0 atom stereocenters. The first kappa shape index (κ1) is 8.87. The van der Waals surface area contributed by atoms with Crippen LogP contribution in [-0.2, 0) is 0 Å². The molecule has 0 saturated carbocycles. The summed E-state index contributed by atoms with van der Waals surface area (Å²) in [7, 11) is 5.69. The van der Waals surface area contributed by atoms with E-state index in [1.54, 1.807) is 0 Å². The molecule has 0 amide bonds. The van der Waals surface area contributed by atoms with Crippen LogP contribution < -0.4 is 5.46 Å². The van der Waals surface area contributed by atoms with Gasteiger partial charge in [0, 0.05) is 10.8 Å². The molecule has 0 aliphatic rings. The Morgan fingerprint density at radius 1 is 1.07 bits per heavy atom. The molecule has 0 saturated heterocycles. The largest absolute Gasteiger partial charge is 0.456 e. The molecule has 0 bridgehead atoms. The number of rotatable bonds is 0. The Balaban J connectivity index is 2.59. The van der Waals surface area contributed by atoms with E-state index < -0.39 is 0 Å². The van der Waals surface area contributed by atoms with E-state index in [2.05, 4.69) is 0 Å². The molecule has 1 aromatic heterocycles. The predicted octanol–water partition coefficient (Wildman–Crippen LogP) is 3.03. The lowest BCUT2D eigenvalue weighted by Crippen LogP contribution is -1.98. The quantitative estimate of drug-likeness (QED) is 0.522. The molecule has 1 heterocycles. The molecule has 0 fully saturated rings. The van der Waals surface area contributed by atoms with Crippen LogP contribution in [0.4, 0.5) is 0 Å². The third kappa shape index (κ3) is 1.25. The summed E-state index contributed by atoms with van der Waals surface area (Å²) in [6.45, 7) is 0. The summed E-state index contributed by atoms with van der Waals surface area (Å²) in [5.41, 5.74) is 2.26. The van der Waals surface area contributed by atoms with Crippen LogP contribution in [0.15, 0.2) is 40.8 Å². The van der Waals surface area contributed by atoms with Gasteiger partial charge in [0.1, 0.15) is 19.0 Å². The van der Waals surface area contributed by atoms with Crippen molar-refractivity contribution in [1.29, 1.82) is 0 Å². The predicted molar refractivity (Wildman–Crippen MR) is 64.1 cm³/mol. The molecular formula is C12H6BClO. The molecular weight excluding hydrogens is 206 g/mol. The van der Waals surface area contributed by atoms with E-state index in [0.717, 1.165) is 21.9 Å². The monoisotopic (exact) mass is 212 g/mol. The Hall–Kier alpha value is -1.41. The van der Waals surface area contributed by atoms with Crippen LogP contribution in [0.2, 0.25) is 5.02 Å². The Kier molecular flexibility index (Phi) is 1.80. The minimum Gasteiger partial charge on any atom is -0.456 e. The summed E-state index contributed by atoms with van der Waals surface area (Å²) >= 11 is 6.13.